The summed E-state index contributed by atoms with van der Waals surface area (Å²) >= 11 is 21.4. The van der Waals surface area contributed by atoms with Crippen molar-refractivity contribution >= 4 is 145 Å². The van der Waals surface area contributed by atoms with Gasteiger partial charge in [0.25, 0.3) is 22.6 Å². The van der Waals surface area contributed by atoms with Crippen LogP contribution in [0.5, 0.6) is 0 Å². The number of hydrogen-bond donors (Lipinski definition) is 14. The predicted octanol–water partition coefficient (Wildman–Crippen LogP) is -1.05. The molecule has 11 unspecified atom stereocenters. The Morgan fingerprint density at radius 3 is 1.53 bits per heavy atom. The van der Waals surface area contributed by atoms with Crippen LogP contribution in [0.2, 0.25) is 0 Å². The number of H-pyrrole nitrogens is 3. The van der Waals surface area contributed by atoms with Crippen molar-refractivity contribution < 1.29 is 150 Å². The maximum Gasteiger partial charge on any atom is 0.472 e. The molecule has 141 heavy (non-hydrogen) atoms. The number of hydrogen-bond acceptors (Lipinski definition) is 49. The van der Waals surface area contributed by atoms with Gasteiger partial charge in [-0.3, -0.25) is 79.6 Å². The lowest BCUT2D eigenvalue weighted by molar-refractivity contribution is -0.121. The van der Waals surface area contributed by atoms with Gasteiger partial charge in [0.15, 0.2) is 58.7 Å². The molecule has 8 aromatic rings. The van der Waals surface area contributed by atoms with E-state index in [2.05, 4.69) is 79.0 Å². The highest BCUT2D eigenvalue weighted by molar-refractivity contribution is 8.44. The SMILES string of the molecule is C=C1NC(=O)C(C)=CN1[C@@H]1O[C@H](COP(O)(=S)OC2[C@@H](COP(=O)(S)OC3[C@@H](COP(=O)(O)OC4[C@@H](COP(O)(=S)OC5C[C@H](n6cnc7c(=O)[nH]c(N)nc76)O[C@@H]5COP(O)(=S)OC5C[C@H](n6cnc7c(N)ncnc76)O[C@@H]5C)O[C@@H](n5cnc6c(=O)[nH]c(N)nc65)[C@H]4OCCOC)O[C@@H](n4cc(C)c(=O)[nH]c4=O)[C@H]3OCCOC)O[C@@H](n3cc(C)c(N)nc3=O)[C@H]2OCCOC)C(O)[C@@H]1OCCOC. The number of nitrogens with two attached hydrogens (primary N) is 4. The first kappa shape index (κ1) is 108. The van der Waals surface area contributed by atoms with E-state index in [1.165, 1.54) is 90.1 Å². The molecule has 6 saturated heterocycles. The second-order valence-electron chi connectivity index (χ2n) is 32.5. The third-order valence-corrected chi connectivity index (χ3v) is 30.3. The molecule has 776 valence electrons. The van der Waals surface area contributed by atoms with Crippen LogP contribution in [0.3, 0.4) is 0 Å². The summed E-state index contributed by atoms with van der Waals surface area (Å²) in [6, 6.07) is 0. The van der Waals surface area contributed by atoms with Crippen molar-refractivity contribution in [1.82, 2.24) is 87.9 Å². The number of nitrogens with zero attached hydrogens (tertiary/aromatic N) is 14. The van der Waals surface area contributed by atoms with Gasteiger partial charge < -0.3 is 147 Å². The minimum absolute atomic E-state index is 0.0543. The Bertz CT molecular complexity index is 6480. The molecule has 59 nitrogen and oxygen atoms in total. The van der Waals surface area contributed by atoms with Crippen LogP contribution in [0.4, 0.5) is 23.5 Å². The maximum atomic E-state index is 15.6. The summed E-state index contributed by atoms with van der Waals surface area (Å²) in [6.45, 7) is -15.2. The van der Waals surface area contributed by atoms with E-state index in [4.69, 9.17) is 170 Å². The van der Waals surface area contributed by atoms with Crippen LogP contribution in [0, 0.1) is 13.8 Å². The first-order chi connectivity index (χ1) is 66.9. The van der Waals surface area contributed by atoms with E-state index >= 15 is 9.13 Å². The van der Waals surface area contributed by atoms with E-state index in [1.807, 2.05) is 0 Å². The van der Waals surface area contributed by atoms with Crippen LogP contribution in [-0.4, -0.2) is 331 Å². The molecule has 0 aromatic carbocycles. The van der Waals surface area contributed by atoms with Gasteiger partial charge >= 0.3 is 46.2 Å². The lowest BCUT2D eigenvalue weighted by atomic mass is 10.1. The molecule has 0 radical (unpaired) electrons. The van der Waals surface area contributed by atoms with Gasteiger partial charge in [0.05, 0.1) is 123 Å². The number of methoxy groups -OCH3 is 4. The lowest BCUT2D eigenvalue weighted by Crippen LogP contribution is -2.48. The average molecular weight is 2160 g/mol. The van der Waals surface area contributed by atoms with Crippen LogP contribution >= 0.6 is 47.0 Å². The van der Waals surface area contributed by atoms with Crippen molar-refractivity contribution in [3.8, 4) is 0 Å². The number of amides is 1. The zero-order chi connectivity index (χ0) is 101. The van der Waals surface area contributed by atoms with Gasteiger partial charge in [0, 0.05) is 76.6 Å². The summed E-state index contributed by atoms with van der Waals surface area (Å²) in [4.78, 5) is 171. The fraction of sp³-hybridized carbons (Fsp3) is 0.616. The number of phosphoric acid groups is 1. The van der Waals surface area contributed by atoms with Crippen LogP contribution in [0.15, 0.2) is 85.8 Å². The number of aromatic nitrogens is 16. The molecule has 7 aliphatic rings. The average Bonchev–Trinajstić information content (AvgIpc) is 1.61. The number of phosphoric ester groups is 1. The van der Waals surface area contributed by atoms with Gasteiger partial charge in [-0.05, 0) is 63.1 Å². The van der Waals surface area contributed by atoms with Crippen molar-refractivity contribution in [1.29, 1.82) is 0 Å². The number of aryl methyl sites for hydroxylation is 2. The number of thiol groups is 1. The van der Waals surface area contributed by atoms with E-state index in [0.29, 0.717) is 11.2 Å². The summed E-state index contributed by atoms with van der Waals surface area (Å²) in [5, 5.41) is 14.5. The van der Waals surface area contributed by atoms with E-state index in [9.17, 15) is 53.4 Å². The van der Waals surface area contributed by atoms with Crippen molar-refractivity contribution in [3.63, 3.8) is 0 Å². The Kier molecular flexibility index (Phi) is 34.6. The number of rotatable bonds is 47. The highest BCUT2D eigenvalue weighted by Crippen LogP contribution is 2.60. The van der Waals surface area contributed by atoms with Crippen molar-refractivity contribution in [2.75, 3.05) is 137 Å². The summed E-state index contributed by atoms with van der Waals surface area (Å²) in [7, 11) is -0.457. The summed E-state index contributed by atoms with van der Waals surface area (Å²) in [5.74, 6) is -1.15. The van der Waals surface area contributed by atoms with Gasteiger partial charge in [-0.1, -0.05) is 18.8 Å². The molecule has 0 aliphatic carbocycles. The number of nitrogen functional groups attached to an aromatic ring is 4. The number of ether oxygens (including phenoxy) is 14. The molecule has 6 fully saturated rings. The Labute approximate surface area is 816 Å². The number of aliphatic hydroxyl groups is 1. The molecule has 8 aromatic heterocycles. The number of carbonyl (C=O) groups is 1. The fourth-order valence-corrected chi connectivity index (χ4v) is 23.1. The highest BCUT2D eigenvalue weighted by Gasteiger charge is 2.58. The van der Waals surface area contributed by atoms with Crippen molar-refractivity contribution in [2.45, 2.75) is 176 Å². The zero-order valence-corrected chi connectivity index (χ0v) is 83.7. The largest absolute Gasteiger partial charge is 0.472 e. The Morgan fingerprint density at radius 1 is 0.482 bits per heavy atom. The molecule has 0 spiro atoms. The number of nitrogens with one attached hydrogen (secondary N) is 4. The summed E-state index contributed by atoms with van der Waals surface area (Å²) in [6.07, 6.45) is -24.4. The topological polar surface area (TPSA) is 754 Å². The number of imidazole rings is 3. The van der Waals surface area contributed by atoms with Crippen LogP contribution in [0.1, 0.15) is 69.0 Å². The Balaban J connectivity index is 0.705. The number of anilines is 4. The van der Waals surface area contributed by atoms with E-state index in [-0.39, 0.29) is 128 Å². The van der Waals surface area contributed by atoms with Gasteiger partial charge in [0.1, 0.15) is 115 Å². The van der Waals surface area contributed by atoms with Gasteiger partial charge in [0.2, 0.25) is 11.9 Å². The normalized spacial score (nSPS) is 29.8. The van der Waals surface area contributed by atoms with E-state index in [1.54, 1.807) is 11.5 Å². The van der Waals surface area contributed by atoms with E-state index in [0.717, 1.165) is 26.2 Å². The molecule has 1 amide bonds. The van der Waals surface area contributed by atoms with Gasteiger partial charge in [-0.15, -0.1) is 0 Å². The first-order valence-electron chi connectivity index (χ1n) is 42.8. The third kappa shape index (κ3) is 24.9. The molecule has 15 rings (SSSR count). The Hall–Kier alpha value is -7.64. The minimum atomic E-state index is -5.88. The molecular formula is C73H103N22O37P5S4. The van der Waals surface area contributed by atoms with Crippen molar-refractivity contribution in [2.24, 2.45) is 0 Å². The van der Waals surface area contributed by atoms with Crippen LogP contribution in [0.25, 0.3) is 33.5 Å². The monoisotopic (exact) mass is 2160 g/mol. The maximum absolute atomic E-state index is 15.6. The van der Waals surface area contributed by atoms with Crippen LogP contribution < -0.4 is 56.3 Å². The summed E-state index contributed by atoms with van der Waals surface area (Å²) < 4.78 is 183. The number of carbonyl (C=O) groups excluding carboxylic acids is 1. The third-order valence-electron chi connectivity index (χ3n) is 23.0. The molecule has 7 aliphatic heterocycles. The first-order valence-corrected chi connectivity index (χ1v) is 54.8. The highest BCUT2D eigenvalue weighted by atomic mass is 32.7. The molecule has 15 heterocycles. The Morgan fingerprint density at radius 2 is 0.943 bits per heavy atom. The molecule has 27 atom stereocenters. The van der Waals surface area contributed by atoms with Gasteiger partial charge in [-0.2, -0.15) is 15.0 Å². The van der Waals surface area contributed by atoms with Crippen molar-refractivity contribution in [3.05, 3.63) is 125 Å². The smallest absolute Gasteiger partial charge is 0.387 e. The standard InChI is InChI=1S/C73H103N22O37P5S4/c1-32-20-91(72(101)84-57(32)74)67-56(116-17-13-112-9)52(132-136(107,140)119-24-40-49(96)53(113-14-10-109-6)66(124-40)90-21-33(2)62(97)83-36(90)5)43(126-67)27-121-137(108,141)131-51-41(125-68(55(51)115-16-12-111-8)92-22-34(3)63(98)89-73(92)102)25-117-133(103,104)130-50-42(127-69(54(50)114-15-11-110-7)95-31-82-48-61(95)86-71(77)88-65(48)100)26-120-135(106,139)129-38-19-45(94-30-81-47-60(94)85-70(76)87-64(47)99)123-39(38)23-118-134(105,138)128-37-18-44(122-35(37)4)93-29-80-46-58(75)78-28-79-59(46)93/h20-22,28-31,35,37-45,49-56,66-69,96H,5,10-19,23-27H2,1-4,6-9H3,(H,83,97)(H,103,104)(H,105,138)(H,106,139)(H,107,140)(H,108,141)(H2,74,84,101)(H2,75,78,79)(H,89,98,102)(H3,76,85,87,99)(H3,77,86,88,100)/t35-,37?,38?,39-,40-,41-,42-,43-,44-,45-,49?,50?,51?,52?,53+,54+,55+,56+,66-,67-,68-,69-,134?,135?,136?,137?/m1/s1. The second kappa shape index (κ2) is 45.4. The molecule has 17 N–H and O–H groups in total. The summed E-state index contributed by atoms with van der Waals surface area (Å²) in [5.41, 5.74) is 20.1. The zero-order valence-electron chi connectivity index (χ0n) is 75.8. The molecule has 68 heteroatoms. The minimum Gasteiger partial charge on any atom is -0.387 e. The second-order valence-corrected chi connectivity index (χ2v) is 45.2. The number of fused-ring (bicyclic) bond motifs is 3. The quantitative estimate of drug-likeness (QED) is 0.0123. The number of aliphatic hydroxyl groups excluding tert-OH is 1. The molecule has 0 bridgehead atoms. The van der Waals surface area contributed by atoms with E-state index < -0.39 is 243 Å². The van der Waals surface area contributed by atoms with Gasteiger partial charge in [-0.25, -0.2) is 43.6 Å². The number of aromatic amines is 3. The molecular weight excluding hydrogens is 2060 g/mol. The molecule has 0 saturated carbocycles. The van der Waals surface area contributed by atoms with Crippen LogP contribution in [-0.2, 0) is 161 Å². The predicted molar refractivity (Wildman–Crippen MR) is 497 cm³/mol. The fourth-order valence-electron chi connectivity index (χ4n) is 16.2. The lowest BCUT2D eigenvalue weighted by Gasteiger charge is -2.35.